The molecule has 0 spiro atoms. The fourth-order valence-electron chi connectivity index (χ4n) is 3.66. The van der Waals surface area contributed by atoms with Crippen molar-refractivity contribution in [3.05, 3.63) is 77.1 Å². The molecule has 0 aliphatic carbocycles. The summed E-state index contributed by atoms with van der Waals surface area (Å²) >= 11 is 0. The van der Waals surface area contributed by atoms with Crippen LogP contribution in [0.5, 0.6) is 0 Å². The molecule has 8 heteroatoms. The first-order valence-corrected chi connectivity index (χ1v) is 11.0. The van der Waals surface area contributed by atoms with Crippen LogP contribution in [0.3, 0.4) is 0 Å². The van der Waals surface area contributed by atoms with Crippen LogP contribution in [0, 0.1) is 13.8 Å². The average molecular weight is 459 g/mol. The highest BCUT2D eigenvalue weighted by Gasteiger charge is 2.13. The van der Waals surface area contributed by atoms with Gasteiger partial charge in [0.15, 0.2) is 5.58 Å². The van der Waals surface area contributed by atoms with E-state index in [1.807, 2.05) is 50.2 Å². The van der Waals surface area contributed by atoms with Crippen molar-refractivity contribution < 1.29 is 19.1 Å². The fourth-order valence-corrected chi connectivity index (χ4v) is 3.66. The molecule has 8 nitrogen and oxygen atoms in total. The number of nitrogens with zero attached hydrogens (tertiary/aromatic N) is 2. The number of rotatable bonds is 8. The first-order chi connectivity index (χ1) is 16.3. The van der Waals surface area contributed by atoms with E-state index in [1.165, 1.54) is 11.8 Å². The summed E-state index contributed by atoms with van der Waals surface area (Å²) in [4.78, 5) is 32.1. The number of pyridine rings is 1. The molecule has 4 rings (SSSR count). The first-order valence-electron chi connectivity index (χ1n) is 11.0. The molecule has 0 saturated carbocycles. The molecule has 0 aliphatic heterocycles. The molecular formula is C26H26N4O4. The summed E-state index contributed by atoms with van der Waals surface area (Å²) < 4.78 is 5.86. The standard InChI is InChI=1S/C26H26N4O4/c1-15-5-4-6-21(17(15)3)29-26-30-22-9-7-18(12-23(22)34-26)13-24(31)28-19-8-10-20(27-14-19)16(2)11-25(32)33/h4-10,12,14,16H,11,13H2,1-3H3,(H,28,31)(H,29,30)(H,32,33). The van der Waals surface area contributed by atoms with Gasteiger partial charge >= 0.3 is 5.97 Å². The van der Waals surface area contributed by atoms with Crippen LogP contribution in [0.15, 0.2) is 59.1 Å². The van der Waals surface area contributed by atoms with E-state index in [9.17, 15) is 9.59 Å². The van der Waals surface area contributed by atoms with Gasteiger partial charge in [-0.1, -0.05) is 25.1 Å². The van der Waals surface area contributed by atoms with Gasteiger partial charge in [0.2, 0.25) is 5.91 Å². The quantitative estimate of drug-likeness (QED) is 0.326. The predicted octanol–water partition coefficient (Wildman–Crippen LogP) is 5.34. The van der Waals surface area contributed by atoms with Crippen molar-refractivity contribution in [3.63, 3.8) is 0 Å². The Morgan fingerprint density at radius 1 is 1.12 bits per heavy atom. The Morgan fingerprint density at radius 2 is 1.94 bits per heavy atom. The predicted molar refractivity (Wildman–Crippen MR) is 130 cm³/mol. The van der Waals surface area contributed by atoms with Crippen LogP contribution in [0.4, 0.5) is 17.4 Å². The van der Waals surface area contributed by atoms with Gasteiger partial charge in [-0.3, -0.25) is 14.6 Å². The number of hydrogen-bond donors (Lipinski definition) is 3. The second-order valence-corrected chi connectivity index (χ2v) is 8.39. The Hall–Kier alpha value is -4.20. The van der Waals surface area contributed by atoms with Crippen molar-refractivity contribution in [1.29, 1.82) is 0 Å². The number of anilines is 3. The molecule has 1 unspecified atom stereocenters. The number of aromatic nitrogens is 2. The van der Waals surface area contributed by atoms with Gasteiger partial charge in [0, 0.05) is 17.3 Å². The highest BCUT2D eigenvalue weighted by atomic mass is 16.4. The minimum atomic E-state index is -0.872. The number of oxazole rings is 1. The third kappa shape index (κ3) is 5.40. The highest BCUT2D eigenvalue weighted by Crippen LogP contribution is 2.26. The molecule has 2 aromatic heterocycles. The summed E-state index contributed by atoms with van der Waals surface area (Å²) in [5.41, 5.74) is 6.54. The summed E-state index contributed by atoms with van der Waals surface area (Å²) in [7, 11) is 0. The topological polar surface area (TPSA) is 117 Å². The molecule has 0 fully saturated rings. The second-order valence-electron chi connectivity index (χ2n) is 8.39. The molecular weight excluding hydrogens is 432 g/mol. The Morgan fingerprint density at radius 3 is 2.68 bits per heavy atom. The third-order valence-electron chi connectivity index (χ3n) is 5.72. The lowest BCUT2D eigenvalue weighted by molar-refractivity contribution is -0.137. The van der Waals surface area contributed by atoms with Crippen LogP contribution in [-0.4, -0.2) is 27.0 Å². The van der Waals surface area contributed by atoms with Gasteiger partial charge in [-0.2, -0.15) is 4.98 Å². The van der Waals surface area contributed by atoms with Gasteiger partial charge < -0.3 is 20.2 Å². The van der Waals surface area contributed by atoms with E-state index >= 15 is 0 Å². The maximum absolute atomic E-state index is 12.5. The van der Waals surface area contributed by atoms with E-state index in [1.54, 1.807) is 19.1 Å². The summed E-state index contributed by atoms with van der Waals surface area (Å²) in [6.07, 6.45) is 1.70. The number of hydrogen-bond acceptors (Lipinski definition) is 6. The Kier molecular flexibility index (Phi) is 6.58. The lowest BCUT2D eigenvalue weighted by atomic mass is 10.0. The normalized spacial score (nSPS) is 11.9. The number of aliphatic carboxylic acids is 1. The number of carboxylic acids is 1. The monoisotopic (exact) mass is 458 g/mol. The van der Waals surface area contributed by atoms with Crippen molar-refractivity contribution in [3.8, 4) is 0 Å². The molecule has 1 amide bonds. The largest absolute Gasteiger partial charge is 0.481 e. The molecule has 174 valence electrons. The SMILES string of the molecule is Cc1cccc(Nc2nc3ccc(CC(=O)Nc4ccc(C(C)CC(=O)O)nc4)cc3o2)c1C. The first kappa shape index (κ1) is 23.0. The molecule has 4 aromatic rings. The number of nitrogens with one attached hydrogen (secondary N) is 2. The summed E-state index contributed by atoms with van der Waals surface area (Å²) in [6.45, 7) is 5.89. The van der Waals surface area contributed by atoms with E-state index in [0.29, 0.717) is 28.5 Å². The molecule has 0 aliphatic rings. The maximum Gasteiger partial charge on any atom is 0.304 e. The highest BCUT2D eigenvalue weighted by molar-refractivity contribution is 5.92. The number of carboxylic acid groups (broad SMARTS) is 1. The molecule has 3 N–H and O–H groups in total. The Balaban J connectivity index is 1.40. The summed E-state index contributed by atoms with van der Waals surface area (Å²) in [6, 6.07) is 15.3. The lowest BCUT2D eigenvalue weighted by Gasteiger charge is -2.10. The van der Waals surface area contributed by atoms with Crippen LogP contribution in [0.25, 0.3) is 11.1 Å². The van der Waals surface area contributed by atoms with Crippen LogP contribution < -0.4 is 10.6 Å². The van der Waals surface area contributed by atoms with Crippen LogP contribution >= 0.6 is 0 Å². The van der Waals surface area contributed by atoms with E-state index in [2.05, 4.69) is 20.6 Å². The molecule has 2 aromatic carbocycles. The minimum Gasteiger partial charge on any atom is -0.481 e. The Labute approximate surface area is 197 Å². The number of benzene rings is 2. The second kappa shape index (κ2) is 9.74. The third-order valence-corrected chi connectivity index (χ3v) is 5.72. The maximum atomic E-state index is 12.5. The number of carbonyl (C=O) groups is 2. The summed E-state index contributed by atoms with van der Waals surface area (Å²) in [5, 5.41) is 15.0. The van der Waals surface area contributed by atoms with E-state index in [4.69, 9.17) is 9.52 Å². The van der Waals surface area contributed by atoms with Gasteiger partial charge in [-0.15, -0.1) is 0 Å². The fraction of sp³-hybridized carbons (Fsp3) is 0.231. The molecule has 1 atom stereocenters. The van der Waals surface area contributed by atoms with Crippen LogP contribution in [-0.2, 0) is 16.0 Å². The number of amides is 1. The van der Waals surface area contributed by atoms with E-state index in [-0.39, 0.29) is 24.7 Å². The van der Waals surface area contributed by atoms with E-state index in [0.717, 1.165) is 16.8 Å². The van der Waals surface area contributed by atoms with Crippen molar-refractivity contribution in [2.75, 3.05) is 10.6 Å². The molecule has 2 heterocycles. The zero-order chi connectivity index (χ0) is 24.2. The molecule has 0 radical (unpaired) electrons. The van der Waals surface area contributed by atoms with Gasteiger partial charge in [0.25, 0.3) is 6.01 Å². The number of carbonyl (C=O) groups excluding carboxylic acids is 1. The van der Waals surface area contributed by atoms with Crippen molar-refractivity contribution in [2.24, 2.45) is 0 Å². The number of fused-ring (bicyclic) bond motifs is 1. The molecule has 0 saturated heterocycles. The Bertz CT molecular complexity index is 1340. The van der Waals surface area contributed by atoms with Gasteiger partial charge in [0.1, 0.15) is 5.52 Å². The van der Waals surface area contributed by atoms with Crippen molar-refractivity contribution >= 4 is 40.4 Å². The van der Waals surface area contributed by atoms with Crippen LogP contribution in [0.2, 0.25) is 0 Å². The summed E-state index contributed by atoms with van der Waals surface area (Å²) in [5.74, 6) is -1.27. The smallest absolute Gasteiger partial charge is 0.304 e. The van der Waals surface area contributed by atoms with Gasteiger partial charge in [0.05, 0.1) is 24.7 Å². The molecule has 34 heavy (non-hydrogen) atoms. The van der Waals surface area contributed by atoms with Gasteiger partial charge in [-0.25, -0.2) is 0 Å². The number of aryl methyl sites for hydroxylation is 1. The van der Waals surface area contributed by atoms with Crippen LogP contribution in [0.1, 0.15) is 41.6 Å². The van der Waals surface area contributed by atoms with E-state index < -0.39 is 5.97 Å². The van der Waals surface area contributed by atoms with Gasteiger partial charge in [-0.05, 0) is 60.9 Å². The minimum absolute atomic E-state index is 0.00461. The zero-order valence-electron chi connectivity index (χ0n) is 19.3. The zero-order valence-corrected chi connectivity index (χ0v) is 19.3. The molecule has 0 bridgehead atoms. The average Bonchev–Trinajstić information content (AvgIpc) is 3.18. The van der Waals surface area contributed by atoms with Crippen molar-refractivity contribution in [1.82, 2.24) is 9.97 Å². The van der Waals surface area contributed by atoms with Crippen molar-refractivity contribution in [2.45, 2.75) is 39.5 Å². The lowest BCUT2D eigenvalue weighted by Crippen LogP contribution is -2.14.